The fraction of sp³-hybridized carbons (Fsp3) is 0.895. The van der Waals surface area contributed by atoms with Gasteiger partial charge in [-0.2, -0.15) is 0 Å². The number of carbonyl (C=O) groups is 2. The van der Waals surface area contributed by atoms with Gasteiger partial charge in [0.25, 0.3) is 0 Å². The second-order valence-electron chi connectivity index (χ2n) is 18.8. The molecule has 0 N–H and O–H groups in total. The summed E-state index contributed by atoms with van der Waals surface area (Å²) in [5.74, 6) is -0.398. The molecule has 0 rings (SSSR count). The first-order chi connectivity index (χ1) is 30.6. The summed E-state index contributed by atoms with van der Waals surface area (Å²) in [5.41, 5.74) is 0. The Balaban J connectivity index is 4.25. The zero-order chi connectivity index (χ0) is 44.9. The lowest BCUT2D eigenvalue weighted by Crippen LogP contribution is -2.30. The molecule has 1 atom stereocenters. The van der Waals surface area contributed by atoms with Crippen molar-refractivity contribution >= 4 is 11.9 Å². The molecule has 0 bridgehead atoms. The first-order valence-electron chi connectivity index (χ1n) is 27.9. The van der Waals surface area contributed by atoms with Crippen LogP contribution in [0.4, 0.5) is 0 Å². The van der Waals surface area contributed by atoms with Crippen LogP contribution < -0.4 is 0 Å². The highest BCUT2D eigenvalue weighted by atomic mass is 16.6. The van der Waals surface area contributed by atoms with Gasteiger partial charge >= 0.3 is 11.9 Å². The van der Waals surface area contributed by atoms with Gasteiger partial charge < -0.3 is 14.2 Å². The molecule has 62 heavy (non-hydrogen) atoms. The largest absolute Gasteiger partial charge is 0.462 e. The van der Waals surface area contributed by atoms with Gasteiger partial charge in [-0.3, -0.25) is 9.59 Å². The highest BCUT2D eigenvalue weighted by Crippen LogP contribution is 2.16. The van der Waals surface area contributed by atoms with Crippen molar-refractivity contribution in [2.75, 3.05) is 19.8 Å². The molecule has 5 nitrogen and oxygen atoms in total. The maximum atomic E-state index is 12.8. The normalized spacial score (nSPS) is 12.2. The second kappa shape index (κ2) is 53.7. The number of rotatable bonds is 52. The lowest BCUT2D eigenvalue weighted by atomic mass is 10.0. The van der Waals surface area contributed by atoms with Crippen LogP contribution in [-0.4, -0.2) is 37.9 Å². The van der Waals surface area contributed by atoms with Crippen LogP contribution in [0.25, 0.3) is 0 Å². The van der Waals surface area contributed by atoms with E-state index < -0.39 is 6.10 Å². The van der Waals surface area contributed by atoms with Gasteiger partial charge in [-0.25, -0.2) is 0 Å². The van der Waals surface area contributed by atoms with Gasteiger partial charge in [0.2, 0.25) is 0 Å². The molecule has 0 aliphatic rings. The van der Waals surface area contributed by atoms with Crippen molar-refractivity contribution in [3.63, 3.8) is 0 Å². The number of esters is 2. The van der Waals surface area contributed by atoms with Crippen LogP contribution in [0.3, 0.4) is 0 Å². The van der Waals surface area contributed by atoms with Gasteiger partial charge in [-0.15, -0.1) is 0 Å². The predicted octanol–water partition coefficient (Wildman–Crippen LogP) is 18.8. The Hall–Kier alpha value is -1.62. The molecule has 0 saturated heterocycles. The smallest absolute Gasteiger partial charge is 0.306 e. The van der Waals surface area contributed by atoms with Crippen molar-refractivity contribution in [1.29, 1.82) is 0 Å². The molecular weight excluding hydrogens is 765 g/mol. The molecule has 0 radical (unpaired) electrons. The molecule has 5 heteroatoms. The number of hydrogen-bond donors (Lipinski definition) is 0. The number of unbranched alkanes of at least 4 members (excludes halogenated alkanes) is 37. The Morgan fingerprint density at radius 3 is 0.984 bits per heavy atom. The van der Waals surface area contributed by atoms with Crippen LogP contribution in [0.5, 0.6) is 0 Å². The molecule has 0 aromatic rings. The minimum atomic E-state index is -0.537. The molecule has 0 saturated carbocycles. The molecule has 0 aromatic carbocycles. The second-order valence-corrected chi connectivity index (χ2v) is 18.8. The molecule has 0 aliphatic heterocycles. The third kappa shape index (κ3) is 51.0. The SMILES string of the molecule is CCCCCCCC/C=C\CCCCCCCC(=O)OCC(COCCCCCCCCCCCCCCCCCC)OC(=O)CCCCCCC/C=C\CCCCCCCC. The Morgan fingerprint density at radius 1 is 0.339 bits per heavy atom. The Kier molecular flexibility index (Phi) is 52.3. The van der Waals surface area contributed by atoms with Gasteiger partial charge in [0, 0.05) is 19.4 Å². The maximum absolute atomic E-state index is 12.8. The molecule has 0 spiro atoms. The molecule has 0 fully saturated rings. The lowest BCUT2D eigenvalue weighted by molar-refractivity contribution is -0.163. The zero-order valence-electron chi connectivity index (χ0n) is 42.2. The van der Waals surface area contributed by atoms with E-state index in [1.165, 1.54) is 212 Å². The lowest BCUT2D eigenvalue weighted by Gasteiger charge is -2.18. The van der Waals surface area contributed by atoms with Crippen LogP contribution in [0.1, 0.15) is 303 Å². The van der Waals surface area contributed by atoms with Crippen LogP contribution in [0, 0.1) is 0 Å². The van der Waals surface area contributed by atoms with Gasteiger partial charge in [-0.1, -0.05) is 244 Å². The quantitative estimate of drug-likeness (QED) is 0.0346. The van der Waals surface area contributed by atoms with Crippen LogP contribution in [0.2, 0.25) is 0 Å². The minimum absolute atomic E-state index is 0.0843. The maximum Gasteiger partial charge on any atom is 0.306 e. The molecular formula is C57H108O5. The summed E-state index contributed by atoms with van der Waals surface area (Å²) in [6.45, 7) is 7.86. The van der Waals surface area contributed by atoms with Gasteiger partial charge in [0.05, 0.1) is 6.61 Å². The van der Waals surface area contributed by atoms with Crippen molar-refractivity contribution < 1.29 is 23.8 Å². The minimum Gasteiger partial charge on any atom is -0.462 e. The highest BCUT2D eigenvalue weighted by Gasteiger charge is 2.17. The summed E-state index contributed by atoms with van der Waals surface area (Å²) in [6, 6.07) is 0. The predicted molar refractivity (Wildman–Crippen MR) is 270 cm³/mol. The fourth-order valence-electron chi connectivity index (χ4n) is 8.27. The summed E-state index contributed by atoms with van der Waals surface area (Å²) in [7, 11) is 0. The Bertz CT molecular complexity index is 943. The highest BCUT2D eigenvalue weighted by molar-refractivity contribution is 5.70. The summed E-state index contributed by atoms with van der Waals surface area (Å²) in [6.07, 6.45) is 63.3. The average Bonchev–Trinajstić information content (AvgIpc) is 3.27. The van der Waals surface area contributed by atoms with Gasteiger partial charge in [0.15, 0.2) is 6.10 Å². The van der Waals surface area contributed by atoms with E-state index in [-0.39, 0.29) is 25.2 Å². The monoisotopic (exact) mass is 873 g/mol. The fourth-order valence-corrected chi connectivity index (χ4v) is 8.27. The summed E-state index contributed by atoms with van der Waals surface area (Å²) in [5, 5.41) is 0. The standard InChI is InChI=1S/C57H108O5/c1-4-7-10-13-16-19-22-25-28-31-34-37-40-43-46-49-52-60-53-55(62-57(59)51-48-45-42-39-36-33-30-27-24-21-18-15-12-9-6-3)54-61-56(58)50-47-44-41-38-35-32-29-26-23-20-17-14-11-8-5-2/h26-27,29-30,55H,4-25,28,31-54H2,1-3H3/b29-26-,30-27-. The topological polar surface area (TPSA) is 61.8 Å². The first kappa shape index (κ1) is 60.4. The van der Waals surface area contributed by atoms with Gasteiger partial charge in [-0.05, 0) is 70.6 Å². The Labute approximate surface area is 387 Å². The number of carbonyl (C=O) groups excluding carboxylic acids is 2. The number of allylic oxidation sites excluding steroid dienone is 4. The van der Waals surface area contributed by atoms with E-state index >= 15 is 0 Å². The average molecular weight is 873 g/mol. The van der Waals surface area contributed by atoms with Crippen molar-refractivity contribution in [2.24, 2.45) is 0 Å². The Morgan fingerprint density at radius 2 is 0.629 bits per heavy atom. The van der Waals surface area contributed by atoms with Crippen molar-refractivity contribution in [1.82, 2.24) is 0 Å². The van der Waals surface area contributed by atoms with E-state index in [0.717, 1.165) is 57.8 Å². The van der Waals surface area contributed by atoms with Crippen LogP contribution in [-0.2, 0) is 23.8 Å². The molecule has 0 aliphatic carbocycles. The first-order valence-corrected chi connectivity index (χ1v) is 27.9. The molecule has 0 heterocycles. The summed E-state index contributed by atoms with van der Waals surface area (Å²) < 4.78 is 17.5. The number of hydrogen-bond acceptors (Lipinski definition) is 5. The molecule has 0 aromatic heterocycles. The van der Waals surface area contributed by atoms with Crippen molar-refractivity contribution in [3.05, 3.63) is 24.3 Å². The molecule has 1 unspecified atom stereocenters. The van der Waals surface area contributed by atoms with E-state index in [1.807, 2.05) is 0 Å². The van der Waals surface area contributed by atoms with Crippen LogP contribution >= 0.6 is 0 Å². The van der Waals surface area contributed by atoms with Gasteiger partial charge in [0.1, 0.15) is 6.61 Å². The molecule has 366 valence electrons. The van der Waals surface area contributed by atoms with E-state index in [0.29, 0.717) is 19.4 Å². The van der Waals surface area contributed by atoms with E-state index in [2.05, 4.69) is 45.1 Å². The summed E-state index contributed by atoms with van der Waals surface area (Å²) in [4.78, 5) is 25.4. The van der Waals surface area contributed by atoms with Crippen LogP contribution in [0.15, 0.2) is 24.3 Å². The van der Waals surface area contributed by atoms with Crippen molar-refractivity contribution in [2.45, 2.75) is 309 Å². The molecule has 0 amide bonds. The van der Waals surface area contributed by atoms with E-state index in [9.17, 15) is 9.59 Å². The van der Waals surface area contributed by atoms with Crippen molar-refractivity contribution in [3.8, 4) is 0 Å². The van der Waals surface area contributed by atoms with E-state index in [1.54, 1.807) is 0 Å². The summed E-state index contributed by atoms with van der Waals surface area (Å²) >= 11 is 0. The third-order valence-corrected chi connectivity index (χ3v) is 12.5. The third-order valence-electron chi connectivity index (χ3n) is 12.5. The zero-order valence-corrected chi connectivity index (χ0v) is 42.2. The van der Waals surface area contributed by atoms with E-state index in [4.69, 9.17) is 14.2 Å². The number of ether oxygens (including phenoxy) is 3.